The lowest BCUT2D eigenvalue weighted by Gasteiger charge is -2.43. The van der Waals surface area contributed by atoms with Crippen molar-refractivity contribution < 1.29 is 37.4 Å². The molecule has 1 aromatic heterocycles. The number of nitrogens with two attached hydrogens (primary N) is 1. The van der Waals surface area contributed by atoms with Gasteiger partial charge in [0.05, 0.1) is 23.2 Å². The average Bonchev–Trinajstić information content (AvgIpc) is 3.85. The number of amides is 5. The Balaban J connectivity index is 0.744. The van der Waals surface area contributed by atoms with Crippen LogP contribution < -0.4 is 30.7 Å². The number of ether oxygens (including phenoxy) is 2. The number of halogens is 3. The van der Waals surface area contributed by atoms with Crippen LogP contribution in [0.5, 0.6) is 11.5 Å². The Morgan fingerprint density at radius 3 is 2.34 bits per heavy atom. The molecule has 4 N–H and O–H groups in total. The van der Waals surface area contributed by atoms with Crippen molar-refractivity contribution in [3.8, 4) is 22.6 Å². The molecule has 1 aliphatic carbocycles. The van der Waals surface area contributed by atoms with E-state index in [2.05, 4.69) is 43.7 Å². The van der Waals surface area contributed by atoms with Gasteiger partial charge in [-0.25, -0.2) is 13.6 Å². The van der Waals surface area contributed by atoms with E-state index < -0.39 is 35.1 Å². The molecule has 0 bridgehead atoms. The second-order valence-electron chi connectivity index (χ2n) is 19.7. The van der Waals surface area contributed by atoms with Gasteiger partial charge in [-0.15, -0.1) is 0 Å². The maximum absolute atomic E-state index is 16.2. The number of hydrogen-bond donors (Lipinski definition) is 3. The van der Waals surface area contributed by atoms with Crippen LogP contribution in [0.15, 0.2) is 66.7 Å². The quantitative estimate of drug-likeness (QED) is 0.119. The van der Waals surface area contributed by atoms with Crippen molar-refractivity contribution in [3.05, 3.63) is 106 Å². The van der Waals surface area contributed by atoms with Gasteiger partial charge in [0.15, 0.2) is 23.0 Å². The summed E-state index contributed by atoms with van der Waals surface area (Å²) in [5.74, 6) is -2.16. The van der Waals surface area contributed by atoms with Gasteiger partial charge in [0.1, 0.15) is 11.6 Å². The first kappa shape index (κ1) is 47.6. The van der Waals surface area contributed by atoms with E-state index in [9.17, 15) is 19.2 Å². The molecule has 5 heterocycles. The molecule has 5 aromatic rings. The molecule has 0 radical (unpaired) electrons. The number of anilines is 1. The zero-order valence-electron chi connectivity index (χ0n) is 39.7. The Morgan fingerprint density at radius 1 is 0.929 bits per heavy atom. The summed E-state index contributed by atoms with van der Waals surface area (Å²) in [4.78, 5) is 57.2. The standard InChI is InChI=1S/C53H59ClF2N8O6/c1-30-44-42(28-39(55)47(54)46(44)45-38(49(57)66)15-16-41(69-3)48(45)56)70-53(30,34-7-5-4-6-8-34)29-58-35-12-9-32(10-13-35)51(67)63-24-19-36(20-25-63)62-22-17-31(18-23-62)33-11-14-37-40(27-33)61(2)60-50(37)64-26-21-43(65)59-52(64)68/h4-8,11,14-16,27-28,30-32,35-36,58H,9-10,12-13,17-26,29H2,1-3H3,(H2,57,66)(H,59,65,68). The van der Waals surface area contributed by atoms with E-state index >= 15 is 8.78 Å². The van der Waals surface area contributed by atoms with Crippen molar-refractivity contribution in [2.24, 2.45) is 18.7 Å². The zero-order valence-corrected chi connectivity index (χ0v) is 40.5. The maximum Gasteiger partial charge on any atom is 0.329 e. The fourth-order valence-electron chi connectivity index (χ4n) is 12.0. The molecular formula is C53H59ClF2N8O6. The Morgan fingerprint density at radius 2 is 1.66 bits per heavy atom. The summed E-state index contributed by atoms with van der Waals surface area (Å²) < 4.78 is 45.9. The summed E-state index contributed by atoms with van der Waals surface area (Å²) in [6.07, 6.45) is 7.36. The molecular weight excluding hydrogens is 918 g/mol. The predicted octanol–water partition coefficient (Wildman–Crippen LogP) is 8.14. The summed E-state index contributed by atoms with van der Waals surface area (Å²) in [7, 11) is 3.19. The van der Waals surface area contributed by atoms with Crippen LogP contribution in [0.3, 0.4) is 0 Å². The molecule has 2 unspecified atom stereocenters. The fraction of sp³-hybridized carbons (Fsp3) is 0.453. The highest BCUT2D eigenvalue weighted by Gasteiger charge is 2.50. The average molecular weight is 978 g/mol. The van der Waals surface area contributed by atoms with Gasteiger partial charge in [-0.2, -0.15) is 5.10 Å². The third-order valence-electron chi connectivity index (χ3n) is 15.9. The van der Waals surface area contributed by atoms with Gasteiger partial charge in [-0.05, 0) is 106 Å². The number of fused-ring (bicyclic) bond motifs is 2. The molecule has 5 amide bonds. The van der Waals surface area contributed by atoms with E-state index in [-0.39, 0.29) is 63.4 Å². The number of imide groups is 1. The molecule has 10 rings (SSSR count). The number of methoxy groups -OCH3 is 1. The minimum absolute atomic E-state index is 0.000533. The SMILES string of the molecule is COc1ccc(C(N)=O)c(-c2c(Cl)c(F)cc3c2C(C)C(CNC2CCC(C(=O)N4CCC(N5CCC(c6ccc7c(N8CCC(=O)NC8=O)nn(C)c7c6)CC5)CC4)CC2)(c2ccccc2)O3)c1F. The fourth-order valence-corrected chi connectivity index (χ4v) is 12.3. The summed E-state index contributed by atoms with van der Waals surface area (Å²) in [6.45, 7) is 6.09. The van der Waals surface area contributed by atoms with Gasteiger partial charge < -0.3 is 30.3 Å². The van der Waals surface area contributed by atoms with Gasteiger partial charge in [-0.3, -0.25) is 29.3 Å². The number of aryl methyl sites for hydroxylation is 1. The first-order valence-electron chi connectivity index (χ1n) is 24.5. The number of piperidine rings is 2. The third kappa shape index (κ3) is 8.55. The van der Waals surface area contributed by atoms with Gasteiger partial charge in [-0.1, -0.05) is 54.9 Å². The smallest absolute Gasteiger partial charge is 0.329 e. The number of benzene rings is 4. The summed E-state index contributed by atoms with van der Waals surface area (Å²) >= 11 is 6.71. The van der Waals surface area contributed by atoms with Crippen molar-refractivity contribution in [2.75, 3.05) is 51.3 Å². The number of likely N-dealkylation sites (tertiary alicyclic amines) is 2. The molecule has 70 heavy (non-hydrogen) atoms. The molecule has 4 fully saturated rings. The van der Waals surface area contributed by atoms with E-state index in [0.717, 1.165) is 94.0 Å². The number of nitrogens with zero attached hydrogens (tertiary/aromatic N) is 5. The topological polar surface area (TPSA) is 164 Å². The number of aromatic nitrogens is 2. The van der Waals surface area contributed by atoms with Crippen LogP contribution in [-0.4, -0.2) is 102 Å². The van der Waals surface area contributed by atoms with E-state index in [1.807, 2.05) is 49.0 Å². The summed E-state index contributed by atoms with van der Waals surface area (Å²) in [5, 5.41) is 11.4. The highest BCUT2D eigenvalue weighted by molar-refractivity contribution is 6.34. The second-order valence-corrected chi connectivity index (χ2v) is 20.1. The van der Waals surface area contributed by atoms with E-state index in [1.54, 1.807) is 4.90 Å². The van der Waals surface area contributed by atoms with Gasteiger partial charge >= 0.3 is 6.03 Å². The molecule has 2 atom stereocenters. The number of carbonyl (C=O) groups excluding carboxylic acids is 4. The van der Waals surface area contributed by atoms with Crippen molar-refractivity contribution >= 4 is 52.1 Å². The second kappa shape index (κ2) is 19.2. The zero-order chi connectivity index (χ0) is 49.0. The number of carbonyl (C=O) groups is 4. The van der Waals surface area contributed by atoms with E-state index in [1.165, 1.54) is 30.9 Å². The van der Waals surface area contributed by atoms with Gasteiger partial charge in [0.25, 0.3) is 0 Å². The van der Waals surface area contributed by atoms with Crippen molar-refractivity contribution in [3.63, 3.8) is 0 Å². The van der Waals surface area contributed by atoms with Crippen molar-refractivity contribution in [2.45, 2.75) is 94.2 Å². The Kier molecular flexibility index (Phi) is 13.1. The van der Waals surface area contributed by atoms with Crippen LogP contribution in [0.4, 0.5) is 19.4 Å². The van der Waals surface area contributed by atoms with Crippen LogP contribution in [0.25, 0.3) is 22.0 Å². The summed E-state index contributed by atoms with van der Waals surface area (Å²) in [5.41, 5.74) is 7.79. The minimum Gasteiger partial charge on any atom is -0.494 e. The normalized spacial score (nSPS) is 23.6. The van der Waals surface area contributed by atoms with Crippen LogP contribution in [-0.2, 0) is 22.2 Å². The van der Waals surface area contributed by atoms with Crippen LogP contribution >= 0.6 is 11.6 Å². The lowest BCUT2D eigenvalue weighted by atomic mass is 9.77. The largest absolute Gasteiger partial charge is 0.494 e. The highest BCUT2D eigenvalue weighted by Crippen LogP contribution is 2.56. The Hall–Kier alpha value is -6.10. The number of primary amides is 1. The maximum atomic E-state index is 16.2. The van der Waals surface area contributed by atoms with E-state index in [4.69, 9.17) is 26.8 Å². The number of hydrogen-bond acceptors (Lipinski definition) is 9. The summed E-state index contributed by atoms with van der Waals surface area (Å²) in [6, 6.07) is 20.0. The molecule has 1 saturated carbocycles. The first-order valence-corrected chi connectivity index (χ1v) is 24.9. The molecule has 4 aliphatic heterocycles. The van der Waals surface area contributed by atoms with Crippen LogP contribution in [0.1, 0.15) is 104 Å². The lowest BCUT2D eigenvalue weighted by Crippen LogP contribution is -2.51. The van der Waals surface area contributed by atoms with Crippen LogP contribution in [0.2, 0.25) is 5.02 Å². The molecule has 17 heteroatoms. The van der Waals surface area contributed by atoms with Gasteiger partial charge in [0, 0.05) is 91.7 Å². The Labute approximate surface area is 410 Å². The van der Waals surface area contributed by atoms with Crippen LogP contribution in [0, 0.1) is 17.6 Å². The first-order chi connectivity index (χ1) is 33.8. The predicted molar refractivity (Wildman–Crippen MR) is 262 cm³/mol. The molecule has 5 aliphatic rings. The number of urea groups is 1. The molecule has 3 saturated heterocycles. The van der Waals surface area contributed by atoms with Crippen molar-refractivity contribution in [1.29, 1.82) is 0 Å². The molecule has 4 aromatic carbocycles. The Bertz CT molecular complexity index is 2860. The highest BCUT2D eigenvalue weighted by atomic mass is 35.5. The molecule has 14 nitrogen and oxygen atoms in total. The molecule has 368 valence electrons. The molecule has 0 spiro atoms. The monoisotopic (exact) mass is 976 g/mol. The third-order valence-corrected chi connectivity index (χ3v) is 16.3. The number of nitrogens with one attached hydrogen (secondary N) is 2. The number of rotatable bonds is 11. The lowest BCUT2D eigenvalue weighted by molar-refractivity contribution is -0.138. The van der Waals surface area contributed by atoms with Gasteiger partial charge in [0.2, 0.25) is 17.7 Å². The van der Waals surface area contributed by atoms with E-state index in [0.29, 0.717) is 36.4 Å². The minimum atomic E-state index is -1.07. The van der Waals surface area contributed by atoms with Crippen molar-refractivity contribution in [1.82, 2.24) is 30.2 Å².